The Balaban J connectivity index is 1.90. The van der Waals surface area contributed by atoms with E-state index in [1.165, 1.54) is 5.56 Å². The minimum atomic E-state index is -0.0436. The maximum absolute atomic E-state index is 11.7. The number of carbonyl (C=O) groups excluding carboxylic acids is 1. The fraction of sp³-hybridized carbons (Fsp3) is 0.263. The second-order valence-electron chi connectivity index (χ2n) is 6.17. The van der Waals surface area contributed by atoms with Gasteiger partial charge in [0.05, 0.1) is 0 Å². The molecule has 4 nitrogen and oxygen atoms in total. The quantitative estimate of drug-likeness (QED) is 0.762. The lowest BCUT2D eigenvalue weighted by atomic mass is 10.1. The number of nitrogens with zero attached hydrogens (tertiary/aromatic N) is 1. The van der Waals surface area contributed by atoms with E-state index in [1.807, 2.05) is 58.0 Å². The lowest BCUT2D eigenvalue weighted by molar-refractivity contribution is -0.118. The Morgan fingerprint density at radius 3 is 2.48 bits per heavy atom. The van der Waals surface area contributed by atoms with Crippen LogP contribution in [0.5, 0.6) is 0 Å². The Hall–Kier alpha value is -2.62. The van der Waals surface area contributed by atoms with Gasteiger partial charge in [-0.25, -0.2) is 4.98 Å². The molecule has 0 radical (unpaired) electrons. The third-order valence-electron chi connectivity index (χ3n) is 3.74. The van der Waals surface area contributed by atoms with Crippen LogP contribution in [0.2, 0.25) is 0 Å². The van der Waals surface area contributed by atoms with Crippen molar-refractivity contribution in [2.24, 2.45) is 5.92 Å². The topological polar surface area (TPSA) is 55.1 Å². The predicted molar refractivity (Wildman–Crippen MR) is 92.4 cm³/mol. The summed E-state index contributed by atoms with van der Waals surface area (Å²) in [5.41, 5.74) is 5.61. The van der Waals surface area contributed by atoms with Crippen molar-refractivity contribution in [1.82, 2.24) is 4.98 Å². The molecule has 3 rings (SSSR count). The van der Waals surface area contributed by atoms with Gasteiger partial charge in [-0.15, -0.1) is 0 Å². The Kier molecular flexibility index (Phi) is 3.90. The van der Waals surface area contributed by atoms with Crippen LogP contribution in [0.1, 0.15) is 25.0 Å². The number of nitrogens with one attached hydrogen (secondary N) is 1. The number of fused-ring (bicyclic) bond motifs is 1. The van der Waals surface area contributed by atoms with E-state index in [-0.39, 0.29) is 11.8 Å². The molecule has 0 aliphatic heterocycles. The monoisotopic (exact) mass is 308 g/mol. The zero-order valence-electron chi connectivity index (χ0n) is 13.8. The number of hydrogen-bond acceptors (Lipinski definition) is 3. The molecule has 3 aromatic rings. The van der Waals surface area contributed by atoms with E-state index in [2.05, 4.69) is 16.4 Å². The van der Waals surface area contributed by atoms with Crippen molar-refractivity contribution < 1.29 is 9.21 Å². The fourth-order valence-corrected chi connectivity index (χ4v) is 2.48. The van der Waals surface area contributed by atoms with Crippen molar-refractivity contribution in [1.29, 1.82) is 0 Å². The summed E-state index contributed by atoms with van der Waals surface area (Å²) in [5, 5.41) is 2.87. The van der Waals surface area contributed by atoms with Gasteiger partial charge in [-0.1, -0.05) is 19.9 Å². The third kappa shape index (κ3) is 3.11. The number of aryl methyl sites for hydroxylation is 2. The lowest BCUT2D eigenvalue weighted by Crippen LogP contribution is -2.17. The van der Waals surface area contributed by atoms with Crippen LogP contribution in [0.4, 0.5) is 5.69 Å². The van der Waals surface area contributed by atoms with Gasteiger partial charge in [0.25, 0.3) is 0 Å². The molecule has 0 aliphatic carbocycles. The maximum atomic E-state index is 11.7. The molecule has 1 amide bonds. The molecule has 0 saturated carbocycles. The normalized spacial score (nSPS) is 11.2. The van der Waals surface area contributed by atoms with Gasteiger partial charge in [0, 0.05) is 17.2 Å². The zero-order valence-corrected chi connectivity index (χ0v) is 13.8. The number of anilines is 1. The molecule has 0 aliphatic rings. The maximum Gasteiger partial charge on any atom is 0.227 e. The number of carbonyl (C=O) groups is 1. The van der Waals surface area contributed by atoms with Crippen LogP contribution in [-0.2, 0) is 4.79 Å². The van der Waals surface area contributed by atoms with Gasteiger partial charge in [0.2, 0.25) is 11.8 Å². The average molecular weight is 308 g/mol. The Bertz CT molecular complexity index is 861. The van der Waals surface area contributed by atoms with E-state index in [0.717, 1.165) is 27.9 Å². The predicted octanol–water partition coefficient (Wildman–Crippen LogP) is 4.71. The molecule has 1 heterocycles. The molecule has 23 heavy (non-hydrogen) atoms. The van der Waals surface area contributed by atoms with Gasteiger partial charge >= 0.3 is 0 Å². The van der Waals surface area contributed by atoms with Crippen LogP contribution in [-0.4, -0.2) is 10.9 Å². The number of oxazole rings is 1. The second kappa shape index (κ2) is 5.88. The highest BCUT2D eigenvalue weighted by molar-refractivity contribution is 5.92. The van der Waals surface area contributed by atoms with Gasteiger partial charge in [0.15, 0.2) is 5.58 Å². The minimum absolute atomic E-state index is 0.00529. The summed E-state index contributed by atoms with van der Waals surface area (Å²) in [4.78, 5) is 16.3. The van der Waals surface area contributed by atoms with E-state index < -0.39 is 0 Å². The van der Waals surface area contributed by atoms with E-state index in [9.17, 15) is 4.79 Å². The van der Waals surface area contributed by atoms with Gasteiger partial charge in [-0.2, -0.15) is 0 Å². The average Bonchev–Trinajstić information content (AvgIpc) is 2.92. The molecule has 0 bridgehead atoms. The molecule has 1 N–H and O–H groups in total. The summed E-state index contributed by atoms with van der Waals surface area (Å²) in [6.07, 6.45) is 0. The van der Waals surface area contributed by atoms with Crippen molar-refractivity contribution in [2.45, 2.75) is 27.7 Å². The molecular weight excluding hydrogens is 288 g/mol. The molecule has 0 saturated heterocycles. The summed E-state index contributed by atoms with van der Waals surface area (Å²) in [7, 11) is 0. The van der Waals surface area contributed by atoms with Crippen LogP contribution in [0, 0.1) is 19.8 Å². The Labute approximate surface area is 135 Å². The summed E-state index contributed by atoms with van der Waals surface area (Å²) in [5.74, 6) is 0.555. The molecule has 0 unspecified atom stereocenters. The first-order chi connectivity index (χ1) is 10.9. The summed E-state index contributed by atoms with van der Waals surface area (Å²) >= 11 is 0. The number of rotatable bonds is 3. The van der Waals surface area contributed by atoms with Crippen LogP contribution in [0.15, 0.2) is 40.8 Å². The second-order valence-corrected chi connectivity index (χ2v) is 6.17. The van der Waals surface area contributed by atoms with Crippen molar-refractivity contribution in [3.63, 3.8) is 0 Å². The van der Waals surface area contributed by atoms with Crippen LogP contribution >= 0.6 is 0 Å². The van der Waals surface area contributed by atoms with Crippen molar-refractivity contribution in [3.05, 3.63) is 47.5 Å². The fourth-order valence-electron chi connectivity index (χ4n) is 2.48. The van der Waals surface area contributed by atoms with Gasteiger partial charge in [0.1, 0.15) is 5.52 Å². The van der Waals surface area contributed by atoms with E-state index in [0.29, 0.717) is 5.89 Å². The first-order valence-corrected chi connectivity index (χ1v) is 7.73. The van der Waals surface area contributed by atoms with Gasteiger partial charge < -0.3 is 9.73 Å². The van der Waals surface area contributed by atoms with Crippen LogP contribution in [0.25, 0.3) is 22.6 Å². The first-order valence-electron chi connectivity index (χ1n) is 7.73. The van der Waals surface area contributed by atoms with E-state index >= 15 is 0 Å². The highest BCUT2D eigenvalue weighted by Gasteiger charge is 2.11. The molecule has 0 fully saturated rings. The Morgan fingerprint density at radius 1 is 1.13 bits per heavy atom. The molecule has 1 aromatic heterocycles. The van der Waals surface area contributed by atoms with Crippen LogP contribution in [0.3, 0.4) is 0 Å². The van der Waals surface area contributed by atoms with Crippen LogP contribution < -0.4 is 5.32 Å². The number of hydrogen-bond donors (Lipinski definition) is 1. The zero-order chi connectivity index (χ0) is 16.6. The van der Waals surface area contributed by atoms with E-state index in [1.54, 1.807) is 0 Å². The van der Waals surface area contributed by atoms with Crippen molar-refractivity contribution in [2.75, 3.05) is 5.32 Å². The molecule has 2 aromatic carbocycles. The third-order valence-corrected chi connectivity index (χ3v) is 3.74. The molecular formula is C19H20N2O2. The summed E-state index contributed by atoms with van der Waals surface area (Å²) in [6.45, 7) is 7.81. The number of amides is 1. The number of aromatic nitrogens is 1. The molecule has 4 heteroatoms. The highest BCUT2D eigenvalue weighted by atomic mass is 16.3. The molecule has 0 spiro atoms. The van der Waals surface area contributed by atoms with Gasteiger partial charge in [-0.05, 0) is 55.3 Å². The van der Waals surface area contributed by atoms with Crippen molar-refractivity contribution in [3.8, 4) is 11.5 Å². The lowest BCUT2D eigenvalue weighted by Gasteiger charge is -2.07. The summed E-state index contributed by atoms with van der Waals surface area (Å²) in [6, 6.07) is 11.6. The van der Waals surface area contributed by atoms with E-state index in [4.69, 9.17) is 4.42 Å². The largest absolute Gasteiger partial charge is 0.436 e. The minimum Gasteiger partial charge on any atom is -0.436 e. The summed E-state index contributed by atoms with van der Waals surface area (Å²) < 4.78 is 5.90. The highest BCUT2D eigenvalue weighted by Crippen LogP contribution is 2.28. The molecule has 0 atom stereocenters. The van der Waals surface area contributed by atoms with Gasteiger partial charge in [-0.3, -0.25) is 4.79 Å². The standard InChI is InChI=1S/C19H20N2O2/c1-11(2)18(22)20-15-7-5-14(6-8-15)19-21-16-10-12(3)9-13(4)17(16)23-19/h5-11H,1-4H3,(H,20,22). The van der Waals surface area contributed by atoms with Crippen molar-refractivity contribution >= 4 is 22.7 Å². The Morgan fingerprint density at radius 2 is 1.83 bits per heavy atom. The SMILES string of the molecule is Cc1cc(C)c2oc(-c3ccc(NC(=O)C(C)C)cc3)nc2c1. The smallest absolute Gasteiger partial charge is 0.227 e. The number of benzene rings is 2. The first kappa shape index (κ1) is 15.3. The molecule has 118 valence electrons.